The normalized spacial score (nSPS) is 17.4. The topological polar surface area (TPSA) is 66.8 Å². The van der Waals surface area contributed by atoms with Crippen LogP contribution < -0.4 is 15.0 Å². The van der Waals surface area contributed by atoms with Crippen LogP contribution in [0, 0.1) is 12.7 Å². The number of esters is 1. The molecule has 2 aliphatic rings. The first-order valence-corrected chi connectivity index (χ1v) is 12.0. The second-order valence-corrected chi connectivity index (χ2v) is 9.59. The van der Waals surface area contributed by atoms with Gasteiger partial charge in [0.15, 0.2) is 11.5 Å². The summed E-state index contributed by atoms with van der Waals surface area (Å²) < 4.78 is 97.9. The van der Waals surface area contributed by atoms with E-state index in [0.717, 1.165) is 53.8 Å². The molecule has 0 aliphatic carbocycles. The number of rotatable bonds is 4. The average Bonchev–Trinajstić information content (AvgIpc) is 3.41. The molecule has 1 aromatic heterocycles. The second-order valence-electron chi connectivity index (χ2n) is 8.58. The molecule has 0 spiro atoms. The molecule has 3 heterocycles. The standard InChI is InChI=1S/C25H17F6NO5S/c1-11-13(9-14-15(24(27,28)29)4-3-5-16(14)26)22-32(17(10-38-22)23(34)35-2)21(33)20(11)12-6-7-18-19(8-12)37-25(30,31)36-18/h3-8,17H,9-10H2,1-2H3. The van der Waals surface area contributed by atoms with Crippen LogP contribution >= 0.6 is 11.8 Å². The lowest BCUT2D eigenvalue weighted by molar-refractivity contribution is -0.286. The Morgan fingerprint density at radius 2 is 1.87 bits per heavy atom. The summed E-state index contributed by atoms with van der Waals surface area (Å²) in [5.41, 5.74) is -2.13. The molecule has 6 nitrogen and oxygen atoms in total. The molecule has 0 radical (unpaired) electrons. The summed E-state index contributed by atoms with van der Waals surface area (Å²) in [6, 6.07) is 5.11. The molecule has 0 N–H and O–H groups in total. The van der Waals surface area contributed by atoms with Crippen LogP contribution in [0.15, 0.2) is 46.2 Å². The number of halogens is 6. The van der Waals surface area contributed by atoms with Crippen LogP contribution in [-0.2, 0) is 22.1 Å². The first-order valence-electron chi connectivity index (χ1n) is 11.1. The number of benzene rings is 2. The van der Waals surface area contributed by atoms with E-state index in [1.54, 1.807) is 0 Å². The van der Waals surface area contributed by atoms with E-state index in [-0.39, 0.29) is 44.5 Å². The molecule has 0 saturated heterocycles. The van der Waals surface area contributed by atoms with Crippen molar-refractivity contribution in [3.8, 4) is 22.6 Å². The molecule has 38 heavy (non-hydrogen) atoms. The van der Waals surface area contributed by atoms with Crippen molar-refractivity contribution in [3.63, 3.8) is 0 Å². The maximum absolute atomic E-state index is 14.8. The summed E-state index contributed by atoms with van der Waals surface area (Å²) in [4.78, 5) is 26.2. The van der Waals surface area contributed by atoms with Crippen molar-refractivity contribution in [2.24, 2.45) is 0 Å². The lowest BCUT2D eigenvalue weighted by atomic mass is 9.92. The van der Waals surface area contributed by atoms with E-state index in [4.69, 9.17) is 4.74 Å². The Morgan fingerprint density at radius 1 is 1.16 bits per heavy atom. The number of fused-ring (bicyclic) bond motifs is 2. The van der Waals surface area contributed by atoms with Gasteiger partial charge in [0.1, 0.15) is 11.9 Å². The highest BCUT2D eigenvalue weighted by Gasteiger charge is 2.44. The summed E-state index contributed by atoms with van der Waals surface area (Å²) in [5, 5.41) is 0.190. The van der Waals surface area contributed by atoms with Crippen molar-refractivity contribution >= 4 is 17.7 Å². The van der Waals surface area contributed by atoms with E-state index in [2.05, 4.69) is 9.47 Å². The summed E-state index contributed by atoms with van der Waals surface area (Å²) >= 11 is 1.05. The summed E-state index contributed by atoms with van der Waals surface area (Å²) in [7, 11) is 1.12. The molecule has 0 saturated carbocycles. The predicted molar refractivity (Wildman–Crippen MR) is 123 cm³/mol. The Labute approximate surface area is 215 Å². The van der Waals surface area contributed by atoms with Gasteiger partial charge in [-0.3, -0.25) is 9.36 Å². The average molecular weight is 557 g/mol. The van der Waals surface area contributed by atoms with Crippen LogP contribution in [0.3, 0.4) is 0 Å². The molecular weight excluding hydrogens is 540 g/mol. The van der Waals surface area contributed by atoms with Gasteiger partial charge in [0.05, 0.1) is 23.3 Å². The van der Waals surface area contributed by atoms with Crippen LogP contribution in [0.2, 0.25) is 0 Å². The molecule has 2 aliphatic heterocycles. The van der Waals surface area contributed by atoms with Gasteiger partial charge in [-0.2, -0.15) is 13.2 Å². The molecule has 0 bridgehead atoms. The maximum Gasteiger partial charge on any atom is 0.586 e. The van der Waals surface area contributed by atoms with Crippen molar-refractivity contribution in [1.29, 1.82) is 0 Å². The quantitative estimate of drug-likeness (QED) is 0.302. The number of pyridine rings is 1. The summed E-state index contributed by atoms with van der Waals surface area (Å²) in [6.07, 6.45) is -9.33. The minimum absolute atomic E-state index is 0.0502. The van der Waals surface area contributed by atoms with Crippen LogP contribution in [0.5, 0.6) is 11.5 Å². The highest BCUT2D eigenvalue weighted by Crippen LogP contribution is 2.45. The SMILES string of the molecule is COC(=O)C1CSc2c(Cc3c(F)cccc3C(F)(F)F)c(C)c(-c3ccc4c(c3)OC(F)(F)O4)c(=O)n21. The number of aromatic nitrogens is 1. The van der Waals surface area contributed by atoms with Crippen molar-refractivity contribution in [2.45, 2.75) is 36.9 Å². The fraction of sp³-hybridized carbons (Fsp3) is 0.280. The molecule has 2 aromatic carbocycles. The fourth-order valence-corrected chi connectivity index (χ4v) is 5.99. The minimum atomic E-state index is -4.85. The number of carbonyl (C=O) groups is 1. The smallest absolute Gasteiger partial charge is 0.467 e. The molecule has 1 atom stereocenters. The predicted octanol–water partition coefficient (Wildman–Crippen LogP) is 5.71. The number of hydrogen-bond acceptors (Lipinski definition) is 6. The maximum atomic E-state index is 14.8. The molecule has 13 heteroatoms. The van der Waals surface area contributed by atoms with E-state index >= 15 is 0 Å². The monoisotopic (exact) mass is 557 g/mol. The van der Waals surface area contributed by atoms with Gasteiger partial charge in [0.2, 0.25) is 0 Å². The number of thioether (sulfide) groups is 1. The second kappa shape index (κ2) is 9.00. The van der Waals surface area contributed by atoms with Gasteiger partial charge in [0.25, 0.3) is 5.56 Å². The summed E-state index contributed by atoms with van der Waals surface area (Å²) in [6.45, 7) is 1.46. The lowest BCUT2D eigenvalue weighted by Crippen LogP contribution is -2.32. The largest absolute Gasteiger partial charge is 0.586 e. The van der Waals surface area contributed by atoms with E-state index in [1.165, 1.54) is 13.0 Å². The van der Waals surface area contributed by atoms with Crippen LogP contribution in [0.1, 0.15) is 28.3 Å². The zero-order chi connectivity index (χ0) is 27.6. The van der Waals surface area contributed by atoms with Gasteiger partial charge < -0.3 is 14.2 Å². The Morgan fingerprint density at radius 3 is 2.55 bits per heavy atom. The van der Waals surface area contributed by atoms with Crippen LogP contribution in [0.4, 0.5) is 26.3 Å². The third-order valence-corrected chi connectivity index (χ3v) is 7.57. The number of nitrogens with zero attached hydrogens (tertiary/aromatic N) is 1. The molecule has 5 rings (SSSR count). The summed E-state index contributed by atoms with van der Waals surface area (Å²) in [5.74, 6) is -2.43. The Hall–Kier alpha value is -3.61. The van der Waals surface area contributed by atoms with Gasteiger partial charge in [-0.05, 0) is 47.9 Å². The van der Waals surface area contributed by atoms with Crippen LogP contribution in [0.25, 0.3) is 11.1 Å². The van der Waals surface area contributed by atoms with E-state index in [9.17, 15) is 35.9 Å². The molecular formula is C25H17F6NO5S. The highest BCUT2D eigenvalue weighted by atomic mass is 32.2. The van der Waals surface area contributed by atoms with Crippen molar-refractivity contribution in [2.75, 3.05) is 12.9 Å². The third-order valence-electron chi connectivity index (χ3n) is 6.37. The minimum Gasteiger partial charge on any atom is -0.467 e. The van der Waals surface area contributed by atoms with Crippen molar-refractivity contribution < 1.29 is 45.3 Å². The number of methoxy groups -OCH3 is 1. The van der Waals surface area contributed by atoms with Crippen molar-refractivity contribution in [1.82, 2.24) is 4.57 Å². The van der Waals surface area contributed by atoms with Gasteiger partial charge in [-0.1, -0.05) is 12.1 Å². The first-order chi connectivity index (χ1) is 17.8. The van der Waals surface area contributed by atoms with Gasteiger partial charge in [-0.25, -0.2) is 9.18 Å². The number of alkyl halides is 5. The van der Waals surface area contributed by atoms with Crippen molar-refractivity contribution in [3.05, 3.63) is 74.8 Å². The van der Waals surface area contributed by atoms with Gasteiger partial charge in [0, 0.05) is 17.7 Å². The van der Waals surface area contributed by atoms with Gasteiger partial charge in [-0.15, -0.1) is 20.5 Å². The molecule has 1 unspecified atom stereocenters. The lowest BCUT2D eigenvalue weighted by Gasteiger charge is -2.21. The molecule has 200 valence electrons. The van der Waals surface area contributed by atoms with E-state index < -0.39 is 53.4 Å². The van der Waals surface area contributed by atoms with E-state index in [0.29, 0.717) is 0 Å². The number of carbonyl (C=O) groups excluding carboxylic acids is 1. The Balaban J connectivity index is 1.75. The molecule has 3 aromatic rings. The van der Waals surface area contributed by atoms with E-state index in [1.807, 2.05) is 0 Å². The number of hydrogen-bond donors (Lipinski definition) is 0. The number of ether oxygens (including phenoxy) is 3. The first kappa shape index (κ1) is 26.0. The highest BCUT2D eigenvalue weighted by molar-refractivity contribution is 7.99. The van der Waals surface area contributed by atoms with Gasteiger partial charge >= 0.3 is 18.4 Å². The zero-order valence-corrected chi connectivity index (χ0v) is 20.4. The third kappa shape index (κ3) is 4.28. The zero-order valence-electron chi connectivity index (χ0n) is 19.6. The fourth-order valence-electron chi connectivity index (χ4n) is 4.64. The molecule has 0 amide bonds. The molecule has 0 fully saturated rings. The Bertz CT molecular complexity index is 1530. The van der Waals surface area contributed by atoms with Crippen LogP contribution in [-0.4, -0.2) is 29.7 Å². The Kier molecular flexibility index (Phi) is 6.16.